The maximum Gasteiger partial charge on any atom is 0.189 e. The number of carbonyl (C=O) groups excluding carboxylic acids is 1. The molecule has 2 aromatic rings. The molecule has 1 aliphatic carbocycles. The largest absolute Gasteiger partial charge is 0.371 e. The van der Waals surface area contributed by atoms with Crippen molar-refractivity contribution in [3.05, 3.63) is 69.8 Å². The molecule has 2 aromatic carbocycles. The van der Waals surface area contributed by atoms with Gasteiger partial charge in [0.15, 0.2) is 5.78 Å². The molecule has 0 amide bonds. The Bertz CT molecular complexity index is 846. The molecular formula is C22H21NO. The van der Waals surface area contributed by atoms with Gasteiger partial charge < -0.3 is 4.90 Å². The summed E-state index contributed by atoms with van der Waals surface area (Å²) in [5, 5.41) is 0. The van der Waals surface area contributed by atoms with Crippen molar-refractivity contribution in [1.29, 1.82) is 0 Å². The number of allylic oxidation sites excluding steroid dienone is 1. The monoisotopic (exact) mass is 315 g/mol. The van der Waals surface area contributed by atoms with Crippen molar-refractivity contribution in [3.8, 4) is 0 Å². The van der Waals surface area contributed by atoms with E-state index in [1.165, 1.54) is 66.7 Å². The van der Waals surface area contributed by atoms with Crippen molar-refractivity contribution in [2.75, 3.05) is 18.0 Å². The first kappa shape index (κ1) is 14.0. The van der Waals surface area contributed by atoms with E-state index < -0.39 is 0 Å². The van der Waals surface area contributed by atoms with E-state index in [1.807, 2.05) is 18.2 Å². The van der Waals surface area contributed by atoms with E-state index in [4.69, 9.17) is 0 Å². The lowest BCUT2D eigenvalue weighted by Gasteiger charge is -2.37. The van der Waals surface area contributed by atoms with E-state index in [1.54, 1.807) is 0 Å². The standard InChI is InChI=1S/C22H21NO/c24-22-19(14-16-5-1-2-8-20(16)22)13-15-11-17-6-3-9-23-10-4-7-18(12-15)21(17)23/h1-2,5,8,11-13H,3-4,6-7,9-10,14H2. The van der Waals surface area contributed by atoms with Crippen molar-refractivity contribution in [3.63, 3.8) is 0 Å². The lowest BCUT2D eigenvalue weighted by atomic mass is 9.89. The zero-order valence-electron chi connectivity index (χ0n) is 13.8. The van der Waals surface area contributed by atoms with Crippen LogP contribution in [-0.2, 0) is 19.3 Å². The third kappa shape index (κ3) is 2.13. The van der Waals surface area contributed by atoms with Gasteiger partial charge >= 0.3 is 0 Å². The van der Waals surface area contributed by atoms with Gasteiger partial charge in [-0.2, -0.15) is 0 Å². The number of benzene rings is 2. The van der Waals surface area contributed by atoms with Gasteiger partial charge in [0.25, 0.3) is 0 Å². The summed E-state index contributed by atoms with van der Waals surface area (Å²) < 4.78 is 0. The molecule has 0 saturated heterocycles. The van der Waals surface area contributed by atoms with Gasteiger partial charge in [0.05, 0.1) is 0 Å². The fourth-order valence-corrected chi connectivity index (χ4v) is 4.59. The Kier molecular flexibility index (Phi) is 3.12. The number of nitrogens with zero attached hydrogens (tertiary/aromatic N) is 1. The predicted octanol–water partition coefficient (Wildman–Crippen LogP) is 4.21. The van der Waals surface area contributed by atoms with Crippen LogP contribution >= 0.6 is 0 Å². The van der Waals surface area contributed by atoms with Crippen molar-refractivity contribution in [2.24, 2.45) is 0 Å². The second-order valence-corrected chi connectivity index (χ2v) is 7.21. The summed E-state index contributed by atoms with van der Waals surface area (Å²) in [7, 11) is 0. The molecule has 3 aliphatic rings. The number of fused-ring (bicyclic) bond motifs is 1. The first-order valence-electron chi connectivity index (χ1n) is 9.03. The number of hydrogen-bond donors (Lipinski definition) is 0. The Morgan fingerprint density at radius 2 is 1.62 bits per heavy atom. The molecule has 0 atom stereocenters. The van der Waals surface area contributed by atoms with Crippen LogP contribution in [-0.4, -0.2) is 18.9 Å². The number of hydrogen-bond acceptors (Lipinski definition) is 2. The Morgan fingerprint density at radius 1 is 0.917 bits per heavy atom. The van der Waals surface area contributed by atoms with Gasteiger partial charge in [-0.25, -0.2) is 0 Å². The average Bonchev–Trinajstić information content (AvgIpc) is 2.92. The highest BCUT2D eigenvalue weighted by molar-refractivity contribution is 6.15. The topological polar surface area (TPSA) is 20.3 Å². The predicted molar refractivity (Wildman–Crippen MR) is 97.8 cm³/mol. The molecule has 24 heavy (non-hydrogen) atoms. The summed E-state index contributed by atoms with van der Waals surface area (Å²) >= 11 is 0. The summed E-state index contributed by atoms with van der Waals surface area (Å²) in [5.41, 5.74) is 8.65. The number of ketones is 1. The minimum absolute atomic E-state index is 0.207. The minimum atomic E-state index is 0.207. The molecule has 120 valence electrons. The first-order chi connectivity index (χ1) is 11.8. The SMILES string of the molecule is O=C1C(=Cc2cc3c4c(c2)CCCN4CCC3)Cc2ccccc21. The zero-order valence-corrected chi connectivity index (χ0v) is 13.8. The fourth-order valence-electron chi connectivity index (χ4n) is 4.59. The molecule has 0 unspecified atom stereocenters. The number of anilines is 1. The summed E-state index contributed by atoms with van der Waals surface area (Å²) in [6, 6.07) is 12.6. The molecule has 5 rings (SSSR count). The minimum Gasteiger partial charge on any atom is -0.371 e. The van der Waals surface area contributed by atoms with Crippen LogP contribution in [0.25, 0.3) is 6.08 Å². The summed E-state index contributed by atoms with van der Waals surface area (Å²) in [6.45, 7) is 2.41. The van der Waals surface area contributed by atoms with Crippen molar-refractivity contribution < 1.29 is 4.79 Å². The molecule has 0 aromatic heterocycles. The Hall–Kier alpha value is -2.35. The molecular weight excluding hydrogens is 294 g/mol. The normalized spacial score (nSPS) is 20.2. The van der Waals surface area contributed by atoms with Gasteiger partial charge in [-0.3, -0.25) is 4.79 Å². The third-order valence-corrected chi connectivity index (χ3v) is 5.63. The second-order valence-electron chi connectivity index (χ2n) is 7.21. The Balaban J connectivity index is 1.56. The van der Waals surface area contributed by atoms with E-state index >= 15 is 0 Å². The maximum atomic E-state index is 12.6. The van der Waals surface area contributed by atoms with Crippen LogP contribution in [0, 0.1) is 0 Å². The number of carbonyl (C=O) groups is 1. The highest BCUT2D eigenvalue weighted by atomic mass is 16.1. The molecule has 0 bridgehead atoms. The highest BCUT2D eigenvalue weighted by Gasteiger charge is 2.26. The van der Waals surface area contributed by atoms with Crippen LogP contribution in [0.2, 0.25) is 0 Å². The van der Waals surface area contributed by atoms with Crippen LogP contribution in [0.4, 0.5) is 5.69 Å². The lowest BCUT2D eigenvalue weighted by Crippen LogP contribution is -2.34. The van der Waals surface area contributed by atoms with Crippen LogP contribution in [0.15, 0.2) is 42.0 Å². The number of Topliss-reactive ketones (excluding diaryl/α,β-unsaturated/α-hetero) is 1. The van der Waals surface area contributed by atoms with Gasteiger partial charge in [0.1, 0.15) is 0 Å². The van der Waals surface area contributed by atoms with Crippen molar-refractivity contribution in [1.82, 2.24) is 0 Å². The number of rotatable bonds is 1. The molecule has 2 aliphatic heterocycles. The summed E-state index contributed by atoms with van der Waals surface area (Å²) in [5.74, 6) is 0.207. The van der Waals surface area contributed by atoms with Gasteiger partial charge in [0.2, 0.25) is 0 Å². The van der Waals surface area contributed by atoms with Crippen molar-refractivity contribution >= 4 is 17.5 Å². The van der Waals surface area contributed by atoms with Crippen molar-refractivity contribution in [2.45, 2.75) is 32.1 Å². The summed E-state index contributed by atoms with van der Waals surface area (Å²) in [6.07, 6.45) is 7.74. The highest BCUT2D eigenvalue weighted by Crippen LogP contribution is 2.37. The lowest BCUT2D eigenvalue weighted by molar-refractivity contribution is 0.104. The quantitative estimate of drug-likeness (QED) is 0.735. The van der Waals surface area contributed by atoms with E-state index in [0.717, 1.165) is 17.6 Å². The van der Waals surface area contributed by atoms with E-state index in [-0.39, 0.29) is 5.78 Å². The molecule has 0 saturated carbocycles. The van der Waals surface area contributed by atoms with Crippen LogP contribution < -0.4 is 4.90 Å². The smallest absolute Gasteiger partial charge is 0.189 e. The third-order valence-electron chi connectivity index (χ3n) is 5.63. The maximum absolute atomic E-state index is 12.6. The molecule has 0 spiro atoms. The zero-order chi connectivity index (χ0) is 16.1. The molecule has 0 N–H and O–H groups in total. The molecule has 0 fully saturated rings. The van der Waals surface area contributed by atoms with Crippen LogP contribution in [0.5, 0.6) is 0 Å². The van der Waals surface area contributed by atoms with E-state index in [2.05, 4.69) is 29.2 Å². The van der Waals surface area contributed by atoms with Gasteiger partial charge in [0, 0.05) is 36.3 Å². The second kappa shape index (κ2) is 5.34. The van der Waals surface area contributed by atoms with Gasteiger partial charge in [-0.15, -0.1) is 0 Å². The molecule has 2 nitrogen and oxygen atoms in total. The van der Waals surface area contributed by atoms with Gasteiger partial charge in [-0.05, 0) is 66.1 Å². The number of aryl methyl sites for hydroxylation is 2. The molecule has 0 radical (unpaired) electrons. The molecule has 2 heteroatoms. The Labute approximate surface area is 142 Å². The van der Waals surface area contributed by atoms with Crippen LogP contribution in [0.3, 0.4) is 0 Å². The van der Waals surface area contributed by atoms with Gasteiger partial charge in [-0.1, -0.05) is 24.3 Å². The van der Waals surface area contributed by atoms with E-state index in [9.17, 15) is 4.79 Å². The summed E-state index contributed by atoms with van der Waals surface area (Å²) in [4.78, 5) is 15.2. The first-order valence-corrected chi connectivity index (χ1v) is 9.03. The average molecular weight is 315 g/mol. The molecule has 2 heterocycles. The Morgan fingerprint density at radius 3 is 2.33 bits per heavy atom. The van der Waals surface area contributed by atoms with E-state index in [0.29, 0.717) is 0 Å². The fraction of sp³-hybridized carbons (Fsp3) is 0.318. The van der Waals surface area contributed by atoms with Crippen LogP contribution in [0.1, 0.15) is 45.5 Å².